The van der Waals surface area contributed by atoms with E-state index in [9.17, 15) is 14.4 Å². The van der Waals surface area contributed by atoms with Gasteiger partial charge in [0.05, 0.1) is 6.04 Å². The van der Waals surface area contributed by atoms with Gasteiger partial charge in [-0.1, -0.05) is 42.7 Å². The lowest BCUT2D eigenvalue weighted by atomic mass is 9.99. The van der Waals surface area contributed by atoms with E-state index < -0.39 is 0 Å². The van der Waals surface area contributed by atoms with Crippen LogP contribution in [0, 0.1) is 6.92 Å². The fourth-order valence-electron chi connectivity index (χ4n) is 3.85. The molecule has 0 aliphatic carbocycles. The number of hydrogen-bond donors (Lipinski definition) is 0. The zero-order valence-electron chi connectivity index (χ0n) is 14.9. The molecule has 25 heavy (non-hydrogen) atoms. The van der Waals surface area contributed by atoms with Crippen LogP contribution in [0.25, 0.3) is 0 Å². The van der Waals surface area contributed by atoms with Gasteiger partial charge in [0.1, 0.15) is 0 Å². The molecule has 0 saturated carbocycles. The molecule has 1 atom stereocenters. The SMILES string of the molecule is Cc1cccc([C@@H]2CCCCCN2C(=O)CCN2C(=O)CCC2=O)c1. The molecule has 5 heteroatoms. The van der Waals surface area contributed by atoms with Crippen LogP contribution in [0.3, 0.4) is 0 Å². The van der Waals surface area contributed by atoms with Gasteiger partial charge in [0.15, 0.2) is 0 Å². The lowest BCUT2D eigenvalue weighted by Crippen LogP contribution is -2.38. The Labute approximate surface area is 149 Å². The summed E-state index contributed by atoms with van der Waals surface area (Å²) in [6.07, 6.45) is 5.01. The molecule has 5 nitrogen and oxygen atoms in total. The normalized spacial score (nSPS) is 21.6. The first-order valence-corrected chi connectivity index (χ1v) is 9.25. The lowest BCUT2D eigenvalue weighted by molar-refractivity contribution is -0.140. The highest BCUT2D eigenvalue weighted by molar-refractivity contribution is 6.02. The Morgan fingerprint density at radius 1 is 1.12 bits per heavy atom. The van der Waals surface area contributed by atoms with Gasteiger partial charge in [-0.15, -0.1) is 0 Å². The standard InChI is InChI=1S/C20H26N2O3/c1-15-6-5-7-16(14-15)17-8-3-2-4-12-21(17)20(25)11-13-22-18(23)9-10-19(22)24/h5-7,14,17H,2-4,8-13H2,1H3/t17-/m0/s1. The minimum absolute atomic E-state index is 0.0425. The van der Waals surface area contributed by atoms with E-state index >= 15 is 0 Å². The molecular formula is C20H26N2O3. The molecule has 0 spiro atoms. The highest BCUT2D eigenvalue weighted by Crippen LogP contribution is 2.31. The molecule has 0 unspecified atom stereocenters. The number of amides is 3. The Balaban J connectivity index is 1.71. The van der Waals surface area contributed by atoms with Crippen LogP contribution in [0.1, 0.15) is 62.1 Å². The number of carbonyl (C=O) groups is 3. The van der Waals surface area contributed by atoms with Crippen LogP contribution in [-0.4, -0.2) is 40.6 Å². The molecule has 2 aliphatic heterocycles. The number of rotatable bonds is 4. The van der Waals surface area contributed by atoms with Crippen molar-refractivity contribution in [2.24, 2.45) is 0 Å². The van der Waals surface area contributed by atoms with E-state index in [1.807, 2.05) is 11.0 Å². The second-order valence-corrected chi connectivity index (χ2v) is 7.06. The average Bonchev–Trinajstić information content (AvgIpc) is 2.79. The van der Waals surface area contributed by atoms with Gasteiger partial charge in [-0.2, -0.15) is 0 Å². The third kappa shape index (κ3) is 4.09. The van der Waals surface area contributed by atoms with Crippen LogP contribution in [0.2, 0.25) is 0 Å². The molecule has 1 aromatic rings. The average molecular weight is 342 g/mol. The summed E-state index contributed by atoms with van der Waals surface area (Å²) in [5, 5.41) is 0. The highest BCUT2D eigenvalue weighted by atomic mass is 16.2. The molecule has 2 aliphatic rings. The van der Waals surface area contributed by atoms with Gasteiger partial charge in [-0.25, -0.2) is 0 Å². The fourth-order valence-corrected chi connectivity index (χ4v) is 3.85. The molecular weight excluding hydrogens is 316 g/mol. The van der Waals surface area contributed by atoms with E-state index in [1.165, 1.54) is 16.0 Å². The smallest absolute Gasteiger partial charge is 0.229 e. The fraction of sp³-hybridized carbons (Fsp3) is 0.550. The van der Waals surface area contributed by atoms with Crippen molar-refractivity contribution in [3.63, 3.8) is 0 Å². The largest absolute Gasteiger partial charge is 0.336 e. The number of nitrogens with zero attached hydrogens (tertiary/aromatic N) is 2. The van der Waals surface area contributed by atoms with E-state index in [2.05, 4.69) is 25.1 Å². The van der Waals surface area contributed by atoms with Gasteiger partial charge in [0.25, 0.3) is 0 Å². The number of benzene rings is 1. The predicted molar refractivity (Wildman–Crippen MR) is 94.7 cm³/mol. The zero-order chi connectivity index (χ0) is 17.8. The van der Waals surface area contributed by atoms with Crippen molar-refractivity contribution in [2.75, 3.05) is 13.1 Å². The topological polar surface area (TPSA) is 57.7 Å². The highest BCUT2D eigenvalue weighted by Gasteiger charge is 2.31. The minimum atomic E-state index is -0.149. The molecule has 3 rings (SSSR count). The van der Waals surface area contributed by atoms with Crippen molar-refractivity contribution in [3.8, 4) is 0 Å². The summed E-state index contributed by atoms with van der Waals surface area (Å²) in [4.78, 5) is 39.5. The number of aryl methyl sites for hydroxylation is 1. The first-order valence-electron chi connectivity index (χ1n) is 9.25. The number of imide groups is 1. The van der Waals surface area contributed by atoms with Gasteiger partial charge in [-0.05, 0) is 25.3 Å². The lowest BCUT2D eigenvalue weighted by Gasteiger charge is -2.31. The zero-order valence-corrected chi connectivity index (χ0v) is 14.9. The molecule has 3 amide bonds. The summed E-state index contributed by atoms with van der Waals surface area (Å²) in [6.45, 7) is 3.03. The summed E-state index contributed by atoms with van der Waals surface area (Å²) in [6, 6.07) is 8.46. The summed E-state index contributed by atoms with van der Waals surface area (Å²) in [5.74, 6) is -0.256. The van der Waals surface area contributed by atoms with Crippen LogP contribution < -0.4 is 0 Å². The maximum absolute atomic E-state index is 12.9. The molecule has 1 aromatic carbocycles. The third-order valence-electron chi connectivity index (χ3n) is 5.20. The molecule has 2 heterocycles. The van der Waals surface area contributed by atoms with E-state index in [0.29, 0.717) is 0 Å². The van der Waals surface area contributed by atoms with Crippen molar-refractivity contribution in [1.82, 2.24) is 9.80 Å². The van der Waals surface area contributed by atoms with Crippen LogP contribution in [0.4, 0.5) is 0 Å². The van der Waals surface area contributed by atoms with Crippen molar-refractivity contribution < 1.29 is 14.4 Å². The van der Waals surface area contributed by atoms with Crippen LogP contribution >= 0.6 is 0 Å². The molecule has 134 valence electrons. The molecule has 2 fully saturated rings. The minimum Gasteiger partial charge on any atom is -0.336 e. The summed E-state index contributed by atoms with van der Waals surface area (Å²) < 4.78 is 0. The number of likely N-dealkylation sites (tertiary alicyclic amines) is 2. The second kappa shape index (κ2) is 7.81. The second-order valence-electron chi connectivity index (χ2n) is 7.06. The Kier molecular flexibility index (Phi) is 5.51. The van der Waals surface area contributed by atoms with Gasteiger partial charge >= 0.3 is 0 Å². The van der Waals surface area contributed by atoms with E-state index in [4.69, 9.17) is 0 Å². The van der Waals surface area contributed by atoms with Crippen LogP contribution in [-0.2, 0) is 14.4 Å². The quantitative estimate of drug-likeness (QED) is 0.791. The monoisotopic (exact) mass is 342 g/mol. The Morgan fingerprint density at radius 2 is 1.88 bits per heavy atom. The van der Waals surface area contributed by atoms with Crippen molar-refractivity contribution in [3.05, 3.63) is 35.4 Å². The molecule has 0 radical (unpaired) electrons. The van der Waals surface area contributed by atoms with Crippen molar-refractivity contribution in [2.45, 2.75) is 57.9 Å². The maximum atomic E-state index is 12.9. The Hall–Kier alpha value is -2.17. The van der Waals surface area contributed by atoms with Gasteiger partial charge in [-0.3, -0.25) is 19.3 Å². The first-order chi connectivity index (χ1) is 12.1. The molecule has 0 bridgehead atoms. The first kappa shape index (κ1) is 17.6. The van der Waals surface area contributed by atoms with Crippen molar-refractivity contribution in [1.29, 1.82) is 0 Å². The summed E-state index contributed by atoms with van der Waals surface area (Å²) in [7, 11) is 0. The maximum Gasteiger partial charge on any atom is 0.229 e. The van der Waals surface area contributed by atoms with Crippen LogP contribution in [0.15, 0.2) is 24.3 Å². The van der Waals surface area contributed by atoms with Crippen molar-refractivity contribution >= 4 is 17.7 Å². The van der Waals surface area contributed by atoms with E-state index in [1.54, 1.807) is 0 Å². The van der Waals surface area contributed by atoms with Gasteiger partial charge in [0.2, 0.25) is 17.7 Å². The van der Waals surface area contributed by atoms with Gasteiger partial charge < -0.3 is 4.90 Å². The number of hydrogen-bond acceptors (Lipinski definition) is 3. The van der Waals surface area contributed by atoms with E-state index in [0.717, 1.165) is 32.2 Å². The van der Waals surface area contributed by atoms with E-state index in [-0.39, 0.29) is 49.6 Å². The third-order valence-corrected chi connectivity index (χ3v) is 5.20. The summed E-state index contributed by atoms with van der Waals surface area (Å²) >= 11 is 0. The Bertz CT molecular complexity index is 655. The predicted octanol–water partition coefficient (Wildman–Crippen LogP) is 2.98. The van der Waals surface area contributed by atoms with Gasteiger partial charge in [0, 0.05) is 32.4 Å². The molecule has 2 saturated heterocycles. The van der Waals surface area contributed by atoms with Crippen LogP contribution in [0.5, 0.6) is 0 Å². The Morgan fingerprint density at radius 3 is 2.60 bits per heavy atom. The number of carbonyl (C=O) groups excluding carboxylic acids is 3. The molecule has 0 aromatic heterocycles. The molecule has 0 N–H and O–H groups in total. The summed E-state index contributed by atoms with van der Waals surface area (Å²) in [5.41, 5.74) is 2.38.